The maximum Gasteiger partial charge on any atom is 0.164 e. The van der Waals surface area contributed by atoms with Gasteiger partial charge in [-0.15, -0.1) is 0 Å². The molecule has 12 rings (SSSR count). The van der Waals surface area contributed by atoms with E-state index in [1.165, 1.54) is 32.3 Å². The fraction of sp³-hybridized carbons (Fsp3) is 0. The molecule has 0 aliphatic rings. The third-order valence-corrected chi connectivity index (χ3v) is 11.2. The van der Waals surface area contributed by atoms with Crippen LogP contribution in [-0.2, 0) is 0 Å². The molecule has 0 saturated carbocycles. The van der Waals surface area contributed by atoms with Gasteiger partial charge in [-0.1, -0.05) is 133 Å². The maximum absolute atomic E-state index is 6.72. The van der Waals surface area contributed by atoms with Gasteiger partial charge in [0.05, 0.1) is 11.0 Å². The normalized spacial score (nSPS) is 11.9. The fourth-order valence-electron chi connectivity index (χ4n) is 8.56. The highest BCUT2D eigenvalue weighted by Crippen LogP contribution is 2.41. The first-order valence-corrected chi connectivity index (χ1v) is 18.8. The van der Waals surface area contributed by atoms with Crippen LogP contribution in [0.4, 0.5) is 0 Å². The number of nitrogens with zero attached hydrogens (tertiary/aromatic N) is 4. The summed E-state index contributed by atoms with van der Waals surface area (Å²) in [5.41, 5.74) is 7.71. The van der Waals surface area contributed by atoms with Crippen molar-refractivity contribution >= 4 is 76.1 Å². The third kappa shape index (κ3) is 4.71. The van der Waals surface area contributed by atoms with Crippen LogP contribution in [0.25, 0.3) is 116 Å². The Labute approximate surface area is 320 Å². The molecule has 0 fully saturated rings. The molecule has 9 aromatic carbocycles. The van der Waals surface area contributed by atoms with Crippen molar-refractivity contribution in [3.8, 4) is 39.9 Å². The van der Waals surface area contributed by atoms with Crippen LogP contribution in [0, 0.1) is 0 Å². The number of hydrogen-bond acceptors (Lipinski definition) is 4. The van der Waals surface area contributed by atoms with E-state index in [1.807, 2.05) is 42.5 Å². The summed E-state index contributed by atoms with van der Waals surface area (Å²) in [5, 5.41) is 11.5. The molecule has 0 saturated heterocycles. The predicted octanol–water partition coefficient (Wildman–Crippen LogP) is 13.3. The minimum atomic E-state index is 0.598. The van der Waals surface area contributed by atoms with Crippen molar-refractivity contribution < 1.29 is 4.42 Å². The highest BCUT2D eigenvalue weighted by molar-refractivity contribution is 6.17. The molecule has 56 heavy (non-hydrogen) atoms. The zero-order chi connectivity index (χ0) is 36.7. The number of furan rings is 1. The molecule has 5 nitrogen and oxygen atoms in total. The highest BCUT2D eigenvalue weighted by Gasteiger charge is 2.20. The smallest absolute Gasteiger partial charge is 0.164 e. The molecule has 0 atom stereocenters. The molecule has 0 unspecified atom stereocenters. The van der Waals surface area contributed by atoms with E-state index in [-0.39, 0.29) is 0 Å². The first-order valence-electron chi connectivity index (χ1n) is 18.8. The van der Waals surface area contributed by atoms with E-state index in [4.69, 9.17) is 19.4 Å². The summed E-state index contributed by atoms with van der Waals surface area (Å²) < 4.78 is 9.10. The number of fused-ring (bicyclic) bond motifs is 9. The summed E-state index contributed by atoms with van der Waals surface area (Å²) in [5.74, 6) is 1.85. The Kier molecular flexibility index (Phi) is 6.56. The van der Waals surface area contributed by atoms with Gasteiger partial charge in [-0.2, -0.15) is 0 Å². The van der Waals surface area contributed by atoms with Crippen LogP contribution in [0.2, 0.25) is 0 Å². The van der Waals surface area contributed by atoms with E-state index >= 15 is 0 Å². The van der Waals surface area contributed by atoms with Gasteiger partial charge in [0.1, 0.15) is 11.2 Å². The molecular weight excluding hydrogens is 685 g/mol. The van der Waals surface area contributed by atoms with Gasteiger partial charge in [0, 0.05) is 50.0 Å². The summed E-state index contributed by atoms with van der Waals surface area (Å²) in [6.07, 6.45) is 0. The second-order valence-electron chi connectivity index (χ2n) is 14.4. The first kappa shape index (κ1) is 30.8. The minimum absolute atomic E-state index is 0.598. The van der Waals surface area contributed by atoms with E-state index in [0.717, 1.165) is 66.1 Å². The van der Waals surface area contributed by atoms with Crippen LogP contribution in [0.3, 0.4) is 0 Å². The fourth-order valence-corrected chi connectivity index (χ4v) is 8.56. The number of hydrogen-bond donors (Lipinski definition) is 0. The third-order valence-electron chi connectivity index (χ3n) is 11.2. The zero-order valence-electron chi connectivity index (χ0n) is 30.0. The van der Waals surface area contributed by atoms with Crippen molar-refractivity contribution in [1.82, 2.24) is 19.5 Å². The van der Waals surface area contributed by atoms with E-state index in [2.05, 4.69) is 144 Å². The SMILES string of the molecule is c1ccc(-c2nc(-c3cccc4ccccc34)nc(-c3cccc4oc5cc(-n6c7cc8ccccc8cc7c7cc8ccccc8cc76)ccc5c34)n2)cc1. The Hall–Kier alpha value is -7.63. The average molecular weight is 715 g/mol. The van der Waals surface area contributed by atoms with Crippen molar-refractivity contribution in [2.45, 2.75) is 0 Å². The van der Waals surface area contributed by atoms with E-state index in [9.17, 15) is 0 Å². The lowest BCUT2D eigenvalue weighted by Crippen LogP contribution is -2.00. The van der Waals surface area contributed by atoms with Crippen LogP contribution >= 0.6 is 0 Å². The lowest BCUT2D eigenvalue weighted by atomic mass is 10.0. The Morgan fingerprint density at radius 3 is 1.62 bits per heavy atom. The Morgan fingerprint density at radius 2 is 0.911 bits per heavy atom. The van der Waals surface area contributed by atoms with Gasteiger partial charge in [-0.25, -0.2) is 15.0 Å². The zero-order valence-corrected chi connectivity index (χ0v) is 30.0. The largest absolute Gasteiger partial charge is 0.456 e. The van der Waals surface area contributed by atoms with Gasteiger partial charge in [-0.05, 0) is 74.8 Å². The molecular formula is C51H30N4O. The second kappa shape index (κ2) is 11.9. The quantitative estimate of drug-likeness (QED) is 0.182. The maximum atomic E-state index is 6.72. The first-order chi connectivity index (χ1) is 27.7. The lowest BCUT2D eigenvalue weighted by Gasteiger charge is -2.11. The minimum Gasteiger partial charge on any atom is -0.456 e. The van der Waals surface area contributed by atoms with Gasteiger partial charge in [-0.3, -0.25) is 0 Å². The van der Waals surface area contributed by atoms with Crippen LogP contribution in [0.15, 0.2) is 186 Å². The summed E-state index contributed by atoms with van der Waals surface area (Å²) in [6, 6.07) is 63.9. The molecule has 12 aromatic rings. The van der Waals surface area contributed by atoms with E-state index in [0.29, 0.717) is 17.5 Å². The van der Waals surface area contributed by atoms with Crippen molar-refractivity contribution in [1.29, 1.82) is 0 Å². The topological polar surface area (TPSA) is 56.7 Å². The van der Waals surface area contributed by atoms with E-state index in [1.54, 1.807) is 0 Å². The Morgan fingerprint density at radius 1 is 0.357 bits per heavy atom. The molecule has 5 heteroatoms. The Bertz CT molecular complexity index is 3450. The molecule has 3 aromatic heterocycles. The van der Waals surface area contributed by atoms with Crippen LogP contribution in [0.1, 0.15) is 0 Å². The average Bonchev–Trinajstić information content (AvgIpc) is 3.79. The van der Waals surface area contributed by atoms with Crippen LogP contribution < -0.4 is 0 Å². The molecule has 260 valence electrons. The Balaban J connectivity index is 1.09. The van der Waals surface area contributed by atoms with Gasteiger partial charge >= 0.3 is 0 Å². The molecule has 0 aliphatic heterocycles. The summed E-state index contributed by atoms with van der Waals surface area (Å²) in [4.78, 5) is 15.4. The highest BCUT2D eigenvalue weighted by atomic mass is 16.3. The van der Waals surface area contributed by atoms with Crippen LogP contribution in [0.5, 0.6) is 0 Å². The van der Waals surface area contributed by atoms with Crippen molar-refractivity contribution in [2.24, 2.45) is 0 Å². The number of rotatable bonds is 4. The molecule has 0 aliphatic carbocycles. The predicted molar refractivity (Wildman–Crippen MR) is 230 cm³/mol. The summed E-state index contributed by atoms with van der Waals surface area (Å²) in [6.45, 7) is 0. The molecule has 0 bridgehead atoms. The molecule has 0 radical (unpaired) electrons. The van der Waals surface area contributed by atoms with Crippen molar-refractivity contribution in [3.63, 3.8) is 0 Å². The second-order valence-corrected chi connectivity index (χ2v) is 14.4. The lowest BCUT2D eigenvalue weighted by molar-refractivity contribution is 0.668. The molecule has 0 spiro atoms. The number of benzene rings is 9. The van der Waals surface area contributed by atoms with Gasteiger partial charge in [0.2, 0.25) is 0 Å². The molecule has 3 heterocycles. The van der Waals surface area contributed by atoms with E-state index < -0.39 is 0 Å². The van der Waals surface area contributed by atoms with Gasteiger partial charge < -0.3 is 8.98 Å². The monoisotopic (exact) mass is 714 g/mol. The molecule has 0 N–H and O–H groups in total. The van der Waals surface area contributed by atoms with Gasteiger partial charge in [0.15, 0.2) is 17.5 Å². The summed E-state index contributed by atoms with van der Waals surface area (Å²) >= 11 is 0. The van der Waals surface area contributed by atoms with Crippen LogP contribution in [-0.4, -0.2) is 19.5 Å². The standard InChI is InChI=1S/C51H30N4O/c1-2-13-32(14-3-1)49-52-50(39-21-10-19-31-12-8-9-20-38(31)39)54-51(53-49)41-22-11-23-46-48(41)40-25-24-37(30-47(40)56-46)55-44-28-35-17-6-4-15-33(35)26-42(44)43-27-34-16-5-7-18-36(34)29-45(43)55/h1-30H. The number of aromatic nitrogens is 4. The summed E-state index contributed by atoms with van der Waals surface area (Å²) in [7, 11) is 0. The van der Waals surface area contributed by atoms with Crippen molar-refractivity contribution in [2.75, 3.05) is 0 Å². The van der Waals surface area contributed by atoms with Gasteiger partial charge in [0.25, 0.3) is 0 Å². The van der Waals surface area contributed by atoms with Crippen molar-refractivity contribution in [3.05, 3.63) is 182 Å². The molecule has 0 amide bonds.